The van der Waals surface area contributed by atoms with Gasteiger partial charge in [-0.1, -0.05) is 29.3 Å². The highest BCUT2D eigenvalue weighted by Crippen LogP contribution is 2.36. The van der Waals surface area contributed by atoms with Crippen LogP contribution in [0.1, 0.15) is 22.5 Å². The van der Waals surface area contributed by atoms with Crippen LogP contribution < -0.4 is 0 Å². The fourth-order valence-electron chi connectivity index (χ4n) is 3.55. The minimum absolute atomic E-state index is 0.0209. The number of imide groups is 1. The van der Waals surface area contributed by atoms with Gasteiger partial charge in [0.15, 0.2) is 0 Å². The van der Waals surface area contributed by atoms with E-state index in [0.29, 0.717) is 20.5 Å². The van der Waals surface area contributed by atoms with Crippen LogP contribution in [0.15, 0.2) is 53.4 Å². The number of aryl methyl sites for hydroxylation is 1. The lowest BCUT2D eigenvalue weighted by Crippen LogP contribution is -2.27. The lowest BCUT2D eigenvalue weighted by molar-refractivity contribution is -0.123. The Hall–Kier alpha value is -2.67. The van der Waals surface area contributed by atoms with E-state index < -0.39 is 0 Å². The predicted octanol–water partition coefficient (Wildman–Crippen LogP) is 6.34. The summed E-state index contributed by atoms with van der Waals surface area (Å²) in [6.45, 7) is 3.93. The number of phenols is 1. The smallest absolute Gasteiger partial charge is 0.293 e. The molecule has 0 radical (unpaired) electrons. The van der Waals surface area contributed by atoms with Gasteiger partial charge >= 0.3 is 0 Å². The molecule has 0 atom stereocenters. The fraction of sp³-hybridized carbons (Fsp3) is 0.130. The Balaban J connectivity index is 1.64. The summed E-state index contributed by atoms with van der Waals surface area (Å²) in [6, 6.07) is 13.9. The Kier molecular flexibility index (Phi) is 5.88. The zero-order chi connectivity index (χ0) is 22.3. The molecule has 0 bridgehead atoms. The summed E-state index contributed by atoms with van der Waals surface area (Å²) in [6.07, 6.45) is 1.73. The maximum absolute atomic E-state index is 13.0. The highest BCUT2D eigenvalue weighted by molar-refractivity contribution is 8.18. The maximum atomic E-state index is 13.0. The largest absolute Gasteiger partial charge is 0.508 e. The van der Waals surface area contributed by atoms with Crippen LogP contribution in [0.3, 0.4) is 0 Å². The number of thioether (sulfide) groups is 1. The number of aromatic nitrogens is 1. The van der Waals surface area contributed by atoms with Crippen LogP contribution in [0.5, 0.6) is 5.75 Å². The van der Waals surface area contributed by atoms with E-state index in [-0.39, 0.29) is 23.4 Å². The first-order valence-electron chi connectivity index (χ1n) is 9.43. The predicted molar refractivity (Wildman–Crippen MR) is 125 cm³/mol. The quantitative estimate of drug-likeness (QED) is 0.449. The molecule has 1 aliphatic heterocycles. The summed E-state index contributed by atoms with van der Waals surface area (Å²) < 4.78 is 2.03. The number of amides is 2. The second-order valence-corrected chi connectivity index (χ2v) is 8.95. The second-order valence-electron chi connectivity index (χ2n) is 7.15. The standard InChI is InChI=1S/C23H18Cl2N2O3S/c1-13-10-15(14(2)27(13)16-6-8-17(28)9-7-16)11-21-22(29)26(23(30)31-21)12-18-19(24)4-3-5-20(18)25/h3-11,28H,12H2,1-2H3/b21-11-. The lowest BCUT2D eigenvalue weighted by Gasteiger charge is -2.14. The fourth-order valence-corrected chi connectivity index (χ4v) is 4.90. The lowest BCUT2D eigenvalue weighted by atomic mass is 10.2. The Morgan fingerprint density at radius 1 is 1.03 bits per heavy atom. The molecule has 0 saturated carbocycles. The monoisotopic (exact) mass is 472 g/mol. The number of carbonyl (C=O) groups excluding carboxylic acids is 2. The molecule has 4 rings (SSSR count). The zero-order valence-electron chi connectivity index (χ0n) is 16.7. The van der Waals surface area contributed by atoms with Crippen LogP contribution in [-0.2, 0) is 11.3 Å². The van der Waals surface area contributed by atoms with E-state index in [4.69, 9.17) is 23.2 Å². The molecular weight excluding hydrogens is 455 g/mol. The highest BCUT2D eigenvalue weighted by Gasteiger charge is 2.36. The van der Waals surface area contributed by atoms with Crippen molar-refractivity contribution in [3.63, 3.8) is 0 Å². The first-order valence-corrected chi connectivity index (χ1v) is 11.0. The first kappa shape index (κ1) is 21.6. The Morgan fingerprint density at radius 3 is 2.32 bits per heavy atom. The van der Waals surface area contributed by atoms with E-state index in [1.807, 2.05) is 36.6 Å². The molecule has 2 heterocycles. The molecule has 0 unspecified atom stereocenters. The van der Waals surface area contributed by atoms with Gasteiger partial charge in [-0.15, -0.1) is 0 Å². The van der Waals surface area contributed by atoms with Gasteiger partial charge in [0.1, 0.15) is 5.75 Å². The summed E-state index contributed by atoms with van der Waals surface area (Å²) in [5, 5.41) is 10.0. The molecule has 3 aromatic rings. The van der Waals surface area contributed by atoms with Gasteiger partial charge in [-0.3, -0.25) is 14.5 Å². The van der Waals surface area contributed by atoms with Crippen molar-refractivity contribution in [2.24, 2.45) is 0 Å². The normalized spacial score (nSPS) is 15.4. The number of hydrogen-bond acceptors (Lipinski definition) is 4. The van der Waals surface area contributed by atoms with Gasteiger partial charge in [0.05, 0.1) is 11.4 Å². The summed E-state index contributed by atoms with van der Waals surface area (Å²) in [5.74, 6) is -0.181. The Bertz CT molecular complexity index is 1210. The molecular formula is C23H18Cl2N2O3S. The molecule has 1 saturated heterocycles. The number of benzene rings is 2. The average Bonchev–Trinajstić information content (AvgIpc) is 3.15. The van der Waals surface area contributed by atoms with Gasteiger partial charge in [-0.05, 0) is 79.7 Å². The van der Waals surface area contributed by atoms with E-state index in [2.05, 4.69) is 0 Å². The van der Waals surface area contributed by atoms with E-state index in [1.54, 1.807) is 36.4 Å². The molecule has 0 spiro atoms. The van der Waals surface area contributed by atoms with Gasteiger partial charge in [0, 0.05) is 32.7 Å². The van der Waals surface area contributed by atoms with Crippen LogP contribution in [0.25, 0.3) is 11.8 Å². The Morgan fingerprint density at radius 2 is 1.68 bits per heavy atom. The van der Waals surface area contributed by atoms with Crippen LogP contribution in [-0.4, -0.2) is 25.7 Å². The maximum Gasteiger partial charge on any atom is 0.293 e. The topological polar surface area (TPSA) is 62.5 Å². The van der Waals surface area contributed by atoms with Gasteiger partial charge < -0.3 is 9.67 Å². The summed E-state index contributed by atoms with van der Waals surface area (Å²) in [5.41, 5.74) is 4.17. The van der Waals surface area contributed by atoms with Gasteiger partial charge in [-0.2, -0.15) is 0 Å². The molecule has 158 valence electrons. The number of rotatable bonds is 4. The minimum Gasteiger partial charge on any atom is -0.508 e. The van der Waals surface area contributed by atoms with E-state index in [0.717, 1.165) is 39.3 Å². The third-order valence-electron chi connectivity index (χ3n) is 5.12. The van der Waals surface area contributed by atoms with Gasteiger partial charge in [-0.25, -0.2) is 0 Å². The molecule has 8 heteroatoms. The average molecular weight is 473 g/mol. The number of nitrogens with zero attached hydrogens (tertiary/aromatic N) is 2. The number of carbonyl (C=O) groups is 2. The molecule has 1 aromatic heterocycles. The van der Waals surface area contributed by atoms with Crippen molar-refractivity contribution in [3.05, 3.63) is 86.0 Å². The molecule has 2 aromatic carbocycles. The number of phenolic OH excluding ortho intramolecular Hbond substituents is 1. The highest BCUT2D eigenvalue weighted by atomic mass is 35.5. The third-order valence-corrected chi connectivity index (χ3v) is 6.73. The van der Waals surface area contributed by atoms with Gasteiger partial charge in [0.25, 0.3) is 11.1 Å². The van der Waals surface area contributed by atoms with Crippen molar-refractivity contribution in [2.75, 3.05) is 0 Å². The summed E-state index contributed by atoms with van der Waals surface area (Å²) in [4.78, 5) is 27.0. The van der Waals surface area contributed by atoms with E-state index in [9.17, 15) is 14.7 Å². The van der Waals surface area contributed by atoms with Crippen molar-refractivity contribution in [2.45, 2.75) is 20.4 Å². The second kappa shape index (κ2) is 8.46. The molecule has 0 aliphatic carbocycles. The van der Waals surface area contributed by atoms with Crippen LogP contribution in [0.4, 0.5) is 4.79 Å². The SMILES string of the molecule is Cc1cc(/C=C2\SC(=O)N(Cc3c(Cl)cccc3Cl)C2=O)c(C)n1-c1ccc(O)cc1. The molecule has 5 nitrogen and oxygen atoms in total. The Labute approximate surface area is 193 Å². The molecule has 1 aliphatic rings. The number of halogens is 2. The van der Waals surface area contributed by atoms with Crippen molar-refractivity contribution >= 4 is 52.2 Å². The van der Waals surface area contributed by atoms with E-state index >= 15 is 0 Å². The van der Waals surface area contributed by atoms with Crippen molar-refractivity contribution in [3.8, 4) is 11.4 Å². The van der Waals surface area contributed by atoms with Crippen LogP contribution in [0, 0.1) is 13.8 Å². The minimum atomic E-state index is -0.375. The zero-order valence-corrected chi connectivity index (χ0v) is 19.1. The molecule has 1 fully saturated rings. The third kappa shape index (κ3) is 4.11. The molecule has 31 heavy (non-hydrogen) atoms. The number of aromatic hydroxyl groups is 1. The van der Waals surface area contributed by atoms with Crippen molar-refractivity contribution in [1.82, 2.24) is 9.47 Å². The van der Waals surface area contributed by atoms with Gasteiger partial charge in [0.2, 0.25) is 0 Å². The number of hydrogen-bond donors (Lipinski definition) is 1. The van der Waals surface area contributed by atoms with Crippen molar-refractivity contribution < 1.29 is 14.7 Å². The molecule has 2 amide bonds. The van der Waals surface area contributed by atoms with Crippen LogP contribution >= 0.6 is 35.0 Å². The summed E-state index contributed by atoms with van der Waals surface area (Å²) >= 11 is 13.3. The van der Waals surface area contributed by atoms with E-state index in [1.165, 1.54) is 0 Å². The van der Waals surface area contributed by atoms with Crippen LogP contribution in [0.2, 0.25) is 10.0 Å². The first-order chi connectivity index (χ1) is 14.8. The van der Waals surface area contributed by atoms with Crippen molar-refractivity contribution in [1.29, 1.82) is 0 Å². The summed E-state index contributed by atoms with van der Waals surface area (Å²) in [7, 11) is 0. The molecule has 1 N–H and O–H groups in total.